The van der Waals surface area contributed by atoms with E-state index >= 15 is 0 Å². The van der Waals surface area contributed by atoms with Crippen LogP contribution in [-0.4, -0.2) is 30.6 Å². The molecule has 2 aliphatic rings. The van der Waals surface area contributed by atoms with E-state index in [0.717, 1.165) is 30.5 Å². The van der Waals surface area contributed by atoms with Crippen LogP contribution in [0.25, 0.3) is 0 Å². The van der Waals surface area contributed by atoms with Gasteiger partial charge in [-0.05, 0) is 58.0 Å². The fraction of sp³-hybridized carbons (Fsp3) is 1.00. The predicted molar refractivity (Wildman–Crippen MR) is 69.4 cm³/mol. The summed E-state index contributed by atoms with van der Waals surface area (Å²) >= 11 is 0. The second kappa shape index (κ2) is 5.50. The lowest BCUT2D eigenvalue weighted by Gasteiger charge is -2.37. The lowest BCUT2D eigenvalue weighted by Crippen LogP contribution is -2.45. The third-order valence-electron chi connectivity index (χ3n) is 5.17. The summed E-state index contributed by atoms with van der Waals surface area (Å²) in [5, 5.41) is 0. The highest BCUT2D eigenvalue weighted by Gasteiger charge is 2.34. The van der Waals surface area contributed by atoms with Crippen LogP contribution in [0.5, 0.6) is 0 Å². The first-order valence-corrected chi connectivity index (χ1v) is 7.16. The molecular weight excluding hydrogens is 196 g/mol. The third-order valence-corrected chi connectivity index (χ3v) is 5.17. The van der Waals surface area contributed by atoms with E-state index in [1.165, 1.54) is 44.9 Å². The van der Waals surface area contributed by atoms with Crippen molar-refractivity contribution in [2.45, 2.75) is 64.0 Å². The summed E-state index contributed by atoms with van der Waals surface area (Å²) in [6.45, 7) is 3.31. The van der Waals surface area contributed by atoms with Crippen molar-refractivity contribution in [1.82, 2.24) is 4.90 Å². The maximum Gasteiger partial charge on any atom is 0.0135 e. The smallest absolute Gasteiger partial charge is 0.0135 e. The minimum Gasteiger partial charge on any atom is -0.330 e. The van der Waals surface area contributed by atoms with Crippen molar-refractivity contribution < 1.29 is 0 Å². The van der Waals surface area contributed by atoms with E-state index < -0.39 is 0 Å². The summed E-state index contributed by atoms with van der Waals surface area (Å²) in [7, 11) is 2.33. The van der Waals surface area contributed by atoms with E-state index in [1.54, 1.807) is 0 Å². The van der Waals surface area contributed by atoms with Crippen LogP contribution in [-0.2, 0) is 0 Å². The van der Waals surface area contributed by atoms with Gasteiger partial charge in [0.25, 0.3) is 0 Å². The molecule has 2 nitrogen and oxygen atoms in total. The Kier molecular flexibility index (Phi) is 4.26. The normalized spacial score (nSPS) is 33.8. The molecule has 0 aromatic carbocycles. The van der Waals surface area contributed by atoms with Crippen LogP contribution < -0.4 is 5.73 Å². The second-order valence-electron chi connectivity index (χ2n) is 5.94. The fourth-order valence-electron chi connectivity index (χ4n) is 3.90. The van der Waals surface area contributed by atoms with Crippen molar-refractivity contribution in [3.8, 4) is 0 Å². The van der Waals surface area contributed by atoms with Crippen molar-refractivity contribution in [1.29, 1.82) is 0 Å². The summed E-state index contributed by atoms with van der Waals surface area (Å²) in [6.07, 6.45) is 9.91. The summed E-state index contributed by atoms with van der Waals surface area (Å²) in [4.78, 5) is 2.65. The fourth-order valence-corrected chi connectivity index (χ4v) is 3.90. The summed E-state index contributed by atoms with van der Waals surface area (Å²) in [5.74, 6) is 1.71. The number of rotatable bonds is 4. The summed E-state index contributed by atoms with van der Waals surface area (Å²) in [5.41, 5.74) is 5.89. The van der Waals surface area contributed by atoms with Gasteiger partial charge in [0.1, 0.15) is 0 Å². The molecule has 0 spiro atoms. The van der Waals surface area contributed by atoms with Gasteiger partial charge in [0.15, 0.2) is 0 Å². The molecule has 0 heterocycles. The summed E-state index contributed by atoms with van der Waals surface area (Å²) in [6, 6.07) is 1.53. The van der Waals surface area contributed by atoms with Crippen molar-refractivity contribution in [2.24, 2.45) is 17.6 Å². The molecule has 2 heteroatoms. The molecule has 0 radical (unpaired) electrons. The molecule has 2 aliphatic carbocycles. The van der Waals surface area contributed by atoms with Gasteiger partial charge >= 0.3 is 0 Å². The second-order valence-corrected chi connectivity index (χ2v) is 5.94. The van der Waals surface area contributed by atoms with Gasteiger partial charge in [0.2, 0.25) is 0 Å². The zero-order chi connectivity index (χ0) is 11.5. The van der Waals surface area contributed by atoms with E-state index in [-0.39, 0.29) is 0 Å². The first kappa shape index (κ1) is 12.4. The number of nitrogens with zero attached hydrogens (tertiary/aromatic N) is 1. The van der Waals surface area contributed by atoms with Gasteiger partial charge < -0.3 is 10.6 Å². The SMILES string of the molecule is CC(C1CCCC1)N(C)C1CCCC1CN. The molecule has 0 aliphatic heterocycles. The molecule has 0 saturated heterocycles. The van der Waals surface area contributed by atoms with E-state index in [9.17, 15) is 0 Å². The predicted octanol–water partition coefficient (Wildman–Crippen LogP) is 2.62. The molecule has 2 N–H and O–H groups in total. The van der Waals surface area contributed by atoms with Gasteiger partial charge in [-0.15, -0.1) is 0 Å². The highest BCUT2D eigenvalue weighted by molar-refractivity contribution is 4.89. The number of hydrogen-bond donors (Lipinski definition) is 1. The van der Waals surface area contributed by atoms with Gasteiger partial charge in [0, 0.05) is 12.1 Å². The van der Waals surface area contributed by atoms with Gasteiger partial charge in [-0.25, -0.2) is 0 Å². The third kappa shape index (κ3) is 2.43. The minimum atomic E-state index is 0.758. The van der Waals surface area contributed by atoms with Crippen LogP contribution in [0.4, 0.5) is 0 Å². The molecule has 94 valence electrons. The largest absolute Gasteiger partial charge is 0.330 e. The Bertz CT molecular complexity index is 211. The Morgan fingerprint density at radius 1 is 1.12 bits per heavy atom. The molecular formula is C14H28N2. The van der Waals surface area contributed by atoms with E-state index in [2.05, 4.69) is 18.9 Å². The lowest BCUT2D eigenvalue weighted by molar-refractivity contribution is 0.113. The molecule has 2 fully saturated rings. The van der Waals surface area contributed by atoms with Gasteiger partial charge in [-0.2, -0.15) is 0 Å². The topological polar surface area (TPSA) is 29.3 Å². The average molecular weight is 224 g/mol. The van der Waals surface area contributed by atoms with E-state index in [0.29, 0.717) is 0 Å². The van der Waals surface area contributed by atoms with Crippen molar-refractivity contribution in [2.75, 3.05) is 13.6 Å². The Morgan fingerprint density at radius 3 is 2.44 bits per heavy atom. The van der Waals surface area contributed by atoms with Crippen LogP contribution in [0, 0.1) is 11.8 Å². The molecule has 3 unspecified atom stereocenters. The van der Waals surface area contributed by atoms with Crippen molar-refractivity contribution >= 4 is 0 Å². The Hall–Kier alpha value is -0.0800. The average Bonchev–Trinajstić information content (AvgIpc) is 2.97. The van der Waals surface area contributed by atoms with E-state index in [1.807, 2.05) is 0 Å². The number of nitrogens with two attached hydrogens (primary N) is 1. The van der Waals surface area contributed by atoms with Crippen LogP contribution in [0.1, 0.15) is 51.9 Å². The Morgan fingerprint density at radius 2 is 1.81 bits per heavy atom. The van der Waals surface area contributed by atoms with Crippen LogP contribution >= 0.6 is 0 Å². The molecule has 2 saturated carbocycles. The first-order chi connectivity index (χ1) is 7.74. The lowest BCUT2D eigenvalue weighted by atomic mass is 9.94. The molecule has 0 bridgehead atoms. The molecule has 0 aromatic heterocycles. The van der Waals surface area contributed by atoms with Crippen LogP contribution in [0.2, 0.25) is 0 Å². The molecule has 2 rings (SSSR count). The summed E-state index contributed by atoms with van der Waals surface area (Å²) < 4.78 is 0. The highest BCUT2D eigenvalue weighted by atomic mass is 15.2. The first-order valence-electron chi connectivity index (χ1n) is 7.16. The Labute approximate surface area is 101 Å². The number of hydrogen-bond acceptors (Lipinski definition) is 2. The maximum absolute atomic E-state index is 5.89. The Balaban J connectivity index is 1.92. The van der Waals surface area contributed by atoms with Gasteiger partial charge in [0.05, 0.1) is 0 Å². The van der Waals surface area contributed by atoms with Crippen molar-refractivity contribution in [3.05, 3.63) is 0 Å². The standard InChI is InChI=1S/C14H28N2/c1-11(12-6-3-4-7-12)16(2)14-9-5-8-13(14)10-15/h11-14H,3-10,15H2,1-2H3. The molecule has 0 amide bonds. The molecule has 0 aromatic rings. The van der Waals surface area contributed by atoms with Gasteiger partial charge in [-0.3, -0.25) is 0 Å². The van der Waals surface area contributed by atoms with Crippen LogP contribution in [0.3, 0.4) is 0 Å². The van der Waals surface area contributed by atoms with Gasteiger partial charge in [-0.1, -0.05) is 19.3 Å². The minimum absolute atomic E-state index is 0.758. The zero-order valence-electron chi connectivity index (χ0n) is 11.0. The quantitative estimate of drug-likeness (QED) is 0.795. The zero-order valence-corrected chi connectivity index (χ0v) is 11.0. The molecule has 16 heavy (non-hydrogen) atoms. The van der Waals surface area contributed by atoms with Crippen molar-refractivity contribution in [3.63, 3.8) is 0 Å². The van der Waals surface area contributed by atoms with Crippen LogP contribution in [0.15, 0.2) is 0 Å². The maximum atomic E-state index is 5.89. The monoisotopic (exact) mass is 224 g/mol. The van der Waals surface area contributed by atoms with E-state index in [4.69, 9.17) is 5.73 Å². The molecule has 3 atom stereocenters. The highest BCUT2D eigenvalue weighted by Crippen LogP contribution is 2.35.